The summed E-state index contributed by atoms with van der Waals surface area (Å²) in [7, 11) is 1.90. The third kappa shape index (κ3) is 6.48. The van der Waals surface area contributed by atoms with Crippen molar-refractivity contribution in [2.24, 2.45) is 5.92 Å². The van der Waals surface area contributed by atoms with Gasteiger partial charge >= 0.3 is 0 Å². The Labute approximate surface area is 243 Å². The molecule has 204 valence electrons. The average molecular weight is 575 g/mol. The average Bonchev–Trinajstić information content (AvgIpc) is 2.94. The second-order valence-corrected chi connectivity index (χ2v) is 11.9. The van der Waals surface area contributed by atoms with Crippen LogP contribution in [0.4, 0.5) is 0 Å². The molecule has 2 aliphatic heterocycles. The van der Waals surface area contributed by atoms with E-state index in [-0.39, 0.29) is 40.5 Å². The number of hydrogen-bond acceptors (Lipinski definition) is 2. The van der Waals surface area contributed by atoms with Crippen molar-refractivity contribution >= 4 is 29.1 Å². The fourth-order valence-electron chi connectivity index (χ4n) is 6.33. The lowest BCUT2D eigenvalue weighted by Crippen LogP contribution is -3.13. The van der Waals surface area contributed by atoms with E-state index in [1.165, 1.54) is 16.7 Å². The quantitative estimate of drug-likeness (QED) is 0.488. The van der Waals surface area contributed by atoms with E-state index in [9.17, 15) is 4.79 Å². The van der Waals surface area contributed by atoms with E-state index >= 15 is 0 Å². The maximum Gasteiger partial charge on any atom is 0.253 e. The first-order valence-electron chi connectivity index (χ1n) is 13.6. The molecule has 1 spiro atoms. The van der Waals surface area contributed by atoms with E-state index in [1.54, 1.807) is 4.90 Å². The maximum absolute atomic E-state index is 13.1. The van der Waals surface area contributed by atoms with E-state index < -0.39 is 0 Å². The second-order valence-electron chi connectivity index (χ2n) is 10.9. The van der Waals surface area contributed by atoms with Gasteiger partial charge in [-0.3, -0.25) is 4.79 Å². The van der Waals surface area contributed by atoms with Crippen molar-refractivity contribution in [3.05, 3.63) is 95.1 Å². The highest BCUT2D eigenvalue weighted by Gasteiger charge is 2.41. The smallest absolute Gasteiger partial charge is 0.253 e. The van der Waals surface area contributed by atoms with Crippen molar-refractivity contribution in [3.8, 4) is 0 Å². The van der Waals surface area contributed by atoms with Crippen LogP contribution in [0, 0.1) is 5.92 Å². The summed E-state index contributed by atoms with van der Waals surface area (Å²) < 4.78 is 0. The second kappa shape index (κ2) is 13.0. The molecule has 2 aromatic rings. The summed E-state index contributed by atoms with van der Waals surface area (Å²) in [5.74, 6) is 0.272. The van der Waals surface area contributed by atoms with E-state index in [0.29, 0.717) is 6.54 Å². The van der Waals surface area contributed by atoms with Crippen LogP contribution in [0.1, 0.15) is 40.7 Å². The number of carbonyl (C=O) groups excluding carboxylic acids is 1. The third-order valence-electron chi connectivity index (χ3n) is 8.51. The minimum Gasteiger partial charge on any atom is -1.00 e. The summed E-state index contributed by atoms with van der Waals surface area (Å²) in [6, 6.07) is 18.5. The van der Waals surface area contributed by atoms with Crippen LogP contribution in [-0.4, -0.2) is 61.3 Å². The number of hydrogen-bond donors (Lipinski definition) is 2. The molecule has 3 atom stereocenters. The van der Waals surface area contributed by atoms with Crippen LogP contribution in [0.25, 0.3) is 0 Å². The molecule has 2 N–H and O–H groups in total. The zero-order valence-corrected chi connectivity index (χ0v) is 24.3. The zero-order valence-electron chi connectivity index (χ0n) is 22.0. The predicted molar refractivity (Wildman–Crippen MR) is 153 cm³/mol. The summed E-state index contributed by atoms with van der Waals surface area (Å²) >= 11 is 12.9. The summed E-state index contributed by atoms with van der Waals surface area (Å²) in [6.07, 6.45) is 10.7. The Balaban J connectivity index is 0.00000336. The molecule has 5 rings (SSSR count). The first-order chi connectivity index (χ1) is 17.9. The number of allylic oxidation sites excluding steroid dienone is 3. The lowest BCUT2D eigenvalue weighted by atomic mass is 9.76. The highest BCUT2D eigenvalue weighted by atomic mass is 35.5. The van der Waals surface area contributed by atoms with Gasteiger partial charge in [0.1, 0.15) is 0 Å². The van der Waals surface area contributed by atoms with Crippen molar-refractivity contribution in [2.45, 2.75) is 42.0 Å². The van der Waals surface area contributed by atoms with Gasteiger partial charge in [0.15, 0.2) is 0 Å². The van der Waals surface area contributed by atoms with Crippen LogP contribution in [0.5, 0.6) is 0 Å². The van der Waals surface area contributed by atoms with Crippen LogP contribution >= 0.6 is 23.2 Å². The normalized spacial score (nSPS) is 27.1. The molecule has 0 aromatic heterocycles. The highest BCUT2D eigenvalue weighted by Crippen LogP contribution is 2.35. The molecular weight excluding hydrogens is 537 g/mol. The number of benzene rings is 2. The van der Waals surface area contributed by atoms with Crippen LogP contribution in [0.2, 0.25) is 0 Å². The summed E-state index contributed by atoms with van der Waals surface area (Å²) in [5, 5.41) is 3.47. The molecule has 0 bridgehead atoms. The number of carbonyl (C=O) groups is 1. The molecule has 2 heterocycles. The molecule has 1 amide bonds. The van der Waals surface area contributed by atoms with Crippen molar-refractivity contribution in [1.82, 2.24) is 10.2 Å². The first kappa shape index (κ1) is 29.2. The van der Waals surface area contributed by atoms with Gasteiger partial charge in [0.25, 0.3) is 5.91 Å². The molecule has 4 nitrogen and oxygen atoms in total. The fraction of sp³-hybridized carbons (Fsp3) is 0.452. The molecule has 1 fully saturated rings. The summed E-state index contributed by atoms with van der Waals surface area (Å²) in [4.78, 5) is 16.6. The van der Waals surface area contributed by atoms with E-state index in [1.807, 2.05) is 48.4 Å². The number of quaternary nitrogens is 1. The number of piperidine rings is 1. The Hall–Kier alpha value is -1.82. The molecule has 38 heavy (non-hydrogen) atoms. The summed E-state index contributed by atoms with van der Waals surface area (Å²) in [5.41, 5.74) is 5.08. The number of rotatable bonds is 7. The molecule has 1 aliphatic carbocycles. The van der Waals surface area contributed by atoms with Crippen molar-refractivity contribution in [2.75, 3.05) is 39.8 Å². The van der Waals surface area contributed by atoms with Crippen molar-refractivity contribution < 1.29 is 22.1 Å². The van der Waals surface area contributed by atoms with Crippen LogP contribution in [0.15, 0.2) is 78.4 Å². The van der Waals surface area contributed by atoms with Gasteiger partial charge in [-0.1, -0.05) is 60.7 Å². The van der Waals surface area contributed by atoms with Gasteiger partial charge < -0.3 is 27.5 Å². The minimum atomic E-state index is -0.223. The standard InChI is InChI=1S/C31H37Cl2N3O.ClH/c1-35(30(37)24-8-3-2-4-9-24)22-26(25-11-12-28(32)29(33)21-25)14-18-36-19-15-31(16-20-36)27-10-6-5-7-23(27)13-17-34-31;/h2-12,21,26,28-29,34H,13-20,22H2,1H3;1H. The number of amides is 1. The lowest BCUT2D eigenvalue weighted by Gasteiger charge is -2.44. The molecule has 7 heteroatoms. The van der Waals surface area contributed by atoms with Gasteiger partial charge in [0.05, 0.1) is 35.9 Å². The molecule has 2 aromatic carbocycles. The molecule has 0 radical (unpaired) electrons. The Kier molecular flexibility index (Phi) is 10.00. The van der Waals surface area contributed by atoms with Gasteiger partial charge in [0.2, 0.25) is 0 Å². The van der Waals surface area contributed by atoms with Crippen LogP contribution in [-0.2, 0) is 12.0 Å². The maximum atomic E-state index is 13.1. The van der Waals surface area contributed by atoms with E-state index in [2.05, 4.69) is 41.7 Å². The van der Waals surface area contributed by atoms with Crippen molar-refractivity contribution in [1.29, 1.82) is 0 Å². The lowest BCUT2D eigenvalue weighted by molar-refractivity contribution is -0.907. The van der Waals surface area contributed by atoms with Gasteiger partial charge in [-0.05, 0) is 35.3 Å². The van der Waals surface area contributed by atoms with E-state index in [4.69, 9.17) is 23.2 Å². The molecular formula is C31H38Cl3N3O. The number of nitrogens with one attached hydrogen (secondary N) is 2. The largest absolute Gasteiger partial charge is 1.00 e. The summed E-state index contributed by atoms with van der Waals surface area (Å²) in [6.45, 7) is 5.12. The van der Waals surface area contributed by atoms with Gasteiger partial charge in [-0.2, -0.15) is 0 Å². The van der Waals surface area contributed by atoms with Gasteiger partial charge in [-0.15, -0.1) is 23.2 Å². The number of fused-ring (bicyclic) bond motifs is 2. The Morgan fingerprint density at radius 3 is 2.53 bits per heavy atom. The first-order valence-corrected chi connectivity index (χ1v) is 14.5. The molecule has 0 saturated carbocycles. The van der Waals surface area contributed by atoms with Crippen LogP contribution < -0.4 is 22.6 Å². The fourth-order valence-corrected chi connectivity index (χ4v) is 6.71. The third-order valence-corrected chi connectivity index (χ3v) is 9.45. The van der Waals surface area contributed by atoms with Crippen LogP contribution in [0.3, 0.4) is 0 Å². The Morgan fingerprint density at radius 2 is 1.79 bits per heavy atom. The molecule has 3 unspecified atom stereocenters. The number of alkyl halides is 2. The monoisotopic (exact) mass is 573 g/mol. The predicted octanol–water partition coefficient (Wildman–Crippen LogP) is 1.20. The van der Waals surface area contributed by atoms with E-state index in [0.717, 1.165) is 57.4 Å². The highest BCUT2D eigenvalue weighted by molar-refractivity contribution is 6.31. The minimum absolute atomic E-state index is 0. The Morgan fingerprint density at radius 1 is 1.08 bits per heavy atom. The number of halogens is 3. The van der Waals surface area contributed by atoms with Gasteiger partial charge in [0, 0.05) is 50.9 Å². The van der Waals surface area contributed by atoms with Gasteiger partial charge in [-0.25, -0.2) is 0 Å². The molecule has 3 aliphatic rings. The zero-order chi connectivity index (χ0) is 25.8. The molecule has 1 saturated heterocycles. The SMILES string of the molecule is CN(CC(CC[NH+]1CCC2(CC1)NCCc1ccccc12)C1=CC(Cl)C(Cl)C=C1)C(=O)c1ccccc1.[Cl-]. The number of nitrogens with zero attached hydrogens (tertiary/aromatic N) is 1. The van der Waals surface area contributed by atoms with Crippen molar-refractivity contribution in [3.63, 3.8) is 0 Å². The topological polar surface area (TPSA) is 36.8 Å². The number of likely N-dealkylation sites (tertiary alicyclic amines) is 1. The Bertz CT molecular complexity index is 1140.